The van der Waals surface area contributed by atoms with Gasteiger partial charge in [0.2, 0.25) is 11.8 Å². The number of benzene rings is 2. The minimum atomic E-state index is -1.04. The summed E-state index contributed by atoms with van der Waals surface area (Å²) < 4.78 is 28.2. The number of hydrazine groups is 1. The lowest BCUT2D eigenvalue weighted by Crippen LogP contribution is -2.76. The Bertz CT molecular complexity index is 1440. The molecule has 2 saturated heterocycles. The zero-order chi connectivity index (χ0) is 32.7. The normalized spacial score (nSPS) is 19.9. The smallest absolute Gasteiger partial charge is 0.334 e. The zero-order valence-corrected chi connectivity index (χ0v) is 25.8. The fourth-order valence-electron chi connectivity index (χ4n) is 5.62. The number of phenols is 1. The van der Waals surface area contributed by atoms with E-state index in [1.807, 2.05) is 30.3 Å². The Balaban J connectivity index is 1.74. The summed E-state index contributed by atoms with van der Waals surface area (Å²) in [5.74, 6) is -2.69. The minimum Gasteiger partial charge on any atom is -0.508 e. The van der Waals surface area contributed by atoms with Crippen molar-refractivity contribution >= 4 is 17.8 Å². The van der Waals surface area contributed by atoms with Gasteiger partial charge in [0.05, 0.1) is 13.1 Å². The van der Waals surface area contributed by atoms with Crippen LogP contribution < -0.4 is 5.32 Å². The molecule has 10 nitrogen and oxygen atoms in total. The summed E-state index contributed by atoms with van der Waals surface area (Å²) in [6, 6.07) is 14.2. The highest BCUT2D eigenvalue weighted by atomic mass is 19.2. The van der Waals surface area contributed by atoms with Crippen molar-refractivity contribution in [1.82, 2.24) is 30.0 Å². The summed E-state index contributed by atoms with van der Waals surface area (Å²) in [5.41, 5.74) is 2.01. The van der Waals surface area contributed by atoms with Crippen LogP contribution in [0.15, 0.2) is 90.6 Å². The van der Waals surface area contributed by atoms with Crippen molar-refractivity contribution in [2.45, 2.75) is 32.1 Å². The van der Waals surface area contributed by atoms with E-state index in [0.717, 1.165) is 18.6 Å². The molecule has 2 aliphatic heterocycles. The van der Waals surface area contributed by atoms with Gasteiger partial charge < -0.3 is 25.1 Å². The van der Waals surface area contributed by atoms with Gasteiger partial charge in [-0.25, -0.2) is 23.6 Å². The highest BCUT2D eigenvalue weighted by Crippen LogP contribution is 2.29. The highest BCUT2D eigenvalue weighted by Gasteiger charge is 2.51. The number of aromatic hydroxyl groups is 1. The number of carbonyl (C=O) groups is 3. The van der Waals surface area contributed by atoms with Crippen LogP contribution in [0, 0.1) is 0 Å². The van der Waals surface area contributed by atoms with Crippen LogP contribution in [0.3, 0.4) is 0 Å². The summed E-state index contributed by atoms with van der Waals surface area (Å²) in [6.07, 6.45) is 1.89. The first-order valence-corrected chi connectivity index (χ1v) is 14.7. The molecule has 2 fully saturated rings. The summed E-state index contributed by atoms with van der Waals surface area (Å²) >= 11 is 0. The van der Waals surface area contributed by atoms with Crippen molar-refractivity contribution in [2.24, 2.45) is 0 Å². The average Bonchev–Trinajstić information content (AvgIpc) is 2.99. The van der Waals surface area contributed by atoms with Crippen molar-refractivity contribution in [2.75, 3.05) is 46.8 Å². The molecule has 2 aromatic carbocycles. The molecule has 4 rings (SSSR count). The van der Waals surface area contributed by atoms with Crippen LogP contribution in [0.4, 0.5) is 13.6 Å². The van der Waals surface area contributed by atoms with Gasteiger partial charge in [-0.1, -0.05) is 48.5 Å². The predicted octanol–water partition coefficient (Wildman–Crippen LogP) is 3.59. The van der Waals surface area contributed by atoms with E-state index >= 15 is 0 Å². The number of urea groups is 1. The lowest BCUT2D eigenvalue weighted by molar-refractivity contribution is -0.188. The first-order valence-electron chi connectivity index (χ1n) is 14.7. The SMILES string of the molecule is C=CCN1CC(=O)N2[C@@H](Cc3ccc(O)cc3)C(=O)N(C/C(=C/C(F)=C(\C)F)CN(C)C)C[C@@H]2N1C(=O)NCc1ccccc1. The molecule has 2 N–H and O–H groups in total. The number of rotatable bonds is 11. The van der Waals surface area contributed by atoms with E-state index < -0.39 is 29.9 Å². The standard InChI is InChI=1S/C33H40F2N6O4/c1-5-15-39-22-31(43)40-29(17-24-11-13-27(42)14-12-24)32(44)38(20-26(19-37(3)4)16-28(35)23(2)34)21-30(40)41(39)33(45)36-18-25-9-7-6-8-10-25/h5-14,16,29-30,42H,1,15,17-22H2,2-4H3,(H,36,45)/b26-16+,28-23-/t29-,30-/m0/s1. The molecular formula is C33H40F2N6O4. The summed E-state index contributed by atoms with van der Waals surface area (Å²) in [4.78, 5) is 46.4. The molecule has 2 heterocycles. The maximum absolute atomic E-state index is 14.5. The molecule has 12 heteroatoms. The number of allylic oxidation sites excluding steroid dienone is 3. The van der Waals surface area contributed by atoms with Gasteiger partial charge in [0.15, 0.2) is 5.83 Å². The number of hydrogen-bond acceptors (Lipinski definition) is 6. The van der Waals surface area contributed by atoms with Crippen molar-refractivity contribution in [1.29, 1.82) is 0 Å². The molecule has 0 aromatic heterocycles. The Morgan fingerprint density at radius 3 is 2.40 bits per heavy atom. The Kier molecular flexibility index (Phi) is 11.1. The number of fused-ring (bicyclic) bond motifs is 1. The first kappa shape index (κ1) is 33.3. The third-order valence-electron chi connectivity index (χ3n) is 7.60. The second kappa shape index (κ2) is 15.0. The Morgan fingerprint density at radius 2 is 1.78 bits per heavy atom. The lowest BCUT2D eigenvalue weighted by atomic mass is 9.98. The van der Waals surface area contributed by atoms with Gasteiger partial charge in [0, 0.05) is 32.6 Å². The number of nitrogens with one attached hydrogen (secondary N) is 1. The van der Waals surface area contributed by atoms with Gasteiger partial charge >= 0.3 is 6.03 Å². The zero-order valence-electron chi connectivity index (χ0n) is 25.8. The largest absolute Gasteiger partial charge is 0.508 e. The quantitative estimate of drug-likeness (QED) is 0.294. The first-order chi connectivity index (χ1) is 21.5. The van der Waals surface area contributed by atoms with E-state index in [9.17, 15) is 28.3 Å². The highest BCUT2D eigenvalue weighted by molar-refractivity contribution is 5.92. The summed E-state index contributed by atoms with van der Waals surface area (Å²) in [5, 5.41) is 15.8. The molecule has 2 aliphatic rings. The Labute approximate surface area is 262 Å². The minimum absolute atomic E-state index is 0.0523. The molecule has 240 valence electrons. The van der Waals surface area contributed by atoms with E-state index in [-0.39, 0.29) is 63.3 Å². The molecule has 2 aromatic rings. The number of piperazine rings is 1. The van der Waals surface area contributed by atoms with E-state index in [2.05, 4.69) is 11.9 Å². The van der Waals surface area contributed by atoms with Crippen LogP contribution in [-0.2, 0) is 22.6 Å². The lowest BCUT2D eigenvalue weighted by Gasteiger charge is -2.55. The second-order valence-electron chi connectivity index (χ2n) is 11.4. The van der Waals surface area contributed by atoms with Crippen molar-refractivity contribution in [3.8, 4) is 5.75 Å². The summed E-state index contributed by atoms with van der Waals surface area (Å²) in [6.45, 7) is 5.22. The molecule has 4 amide bonds. The Morgan fingerprint density at radius 1 is 1.09 bits per heavy atom. The molecule has 0 spiro atoms. The number of carbonyl (C=O) groups excluding carboxylic acids is 3. The van der Waals surface area contributed by atoms with E-state index in [4.69, 9.17) is 0 Å². The van der Waals surface area contributed by atoms with Gasteiger partial charge in [-0.05, 0) is 55.9 Å². The third-order valence-corrected chi connectivity index (χ3v) is 7.60. The molecular weight excluding hydrogens is 582 g/mol. The third kappa shape index (κ3) is 8.34. The fraction of sp³-hybridized carbons (Fsp3) is 0.364. The Hall–Kier alpha value is -4.55. The van der Waals surface area contributed by atoms with E-state index in [1.54, 1.807) is 42.2 Å². The van der Waals surface area contributed by atoms with Crippen LogP contribution in [0.1, 0.15) is 18.1 Å². The maximum Gasteiger partial charge on any atom is 0.334 e. The van der Waals surface area contributed by atoms with Gasteiger partial charge in [-0.3, -0.25) is 9.59 Å². The molecule has 2 atom stereocenters. The van der Waals surface area contributed by atoms with Crippen LogP contribution in [0.5, 0.6) is 5.75 Å². The molecule has 0 aliphatic carbocycles. The van der Waals surface area contributed by atoms with Crippen LogP contribution in [0.2, 0.25) is 0 Å². The molecule has 0 bridgehead atoms. The van der Waals surface area contributed by atoms with Gasteiger partial charge in [-0.2, -0.15) is 0 Å². The number of likely N-dealkylation sites (N-methyl/N-ethyl adjacent to an activating group) is 1. The molecule has 0 unspecified atom stereocenters. The van der Waals surface area contributed by atoms with E-state index in [1.165, 1.54) is 26.9 Å². The number of halogens is 2. The van der Waals surface area contributed by atoms with Crippen LogP contribution >= 0.6 is 0 Å². The van der Waals surface area contributed by atoms with E-state index in [0.29, 0.717) is 11.1 Å². The number of amides is 4. The number of phenolic OH excluding ortho intramolecular Hbond substituents is 1. The summed E-state index contributed by atoms with van der Waals surface area (Å²) in [7, 11) is 3.55. The monoisotopic (exact) mass is 622 g/mol. The maximum atomic E-state index is 14.5. The molecule has 0 radical (unpaired) electrons. The van der Waals surface area contributed by atoms with Crippen molar-refractivity contribution in [3.05, 3.63) is 102 Å². The average molecular weight is 623 g/mol. The molecule has 45 heavy (non-hydrogen) atoms. The topological polar surface area (TPSA) is 99.7 Å². The van der Waals surface area contributed by atoms with Gasteiger partial charge in [0.1, 0.15) is 23.8 Å². The fourth-order valence-corrected chi connectivity index (χ4v) is 5.62. The van der Waals surface area contributed by atoms with Crippen molar-refractivity contribution < 1.29 is 28.3 Å². The second-order valence-corrected chi connectivity index (χ2v) is 11.4. The van der Waals surface area contributed by atoms with Crippen LogP contribution in [-0.4, -0.2) is 107 Å². The molecule has 0 saturated carbocycles. The van der Waals surface area contributed by atoms with Gasteiger partial charge in [0.25, 0.3) is 0 Å². The number of hydrogen-bond donors (Lipinski definition) is 2. The van der Waals surface area contributed by atoms with Gasteiger partial charge in [-0.15, -0.1) is 6.58 Å². The number of nitrogens with zero attached hydrogens (tertiary/aromatic N) is 5. The van der Waals surface area contributed by atoms with Crippen molar-refractivity contribution in [3.63, 3.8) is 0 Å². The van der Waals surface area contributed by atoms with Crippen LogP contribution in [0.25, 0.3) is 0 Å². The predicted molar refractivity (Wildman–Crippen MR) is 167 cm³/mol.